The maximum atomic E-state index is 12.4. The Hall–Kier alpha value is -2.27. The lowest BCUT2D eigenvalue weighted by Gasteiger charge is -2.19. The molecule has 27 heavy (non-hydrogen) atoms. The fraction of sp³-hybridized carbons (Fsp3) is 0.364. The van der Waals surface area contributed by atoms with Crippen LogP contribution in [0.5, 0.6) is 0 Å². The monoisotopic (exact) mass is 382 g/mol. The largest absolute Gasteiger partial charge is 0.326 e. The second-order valence-corrected chi connectivity index (χ2v) is 8.84. The molecule has 0 radical (unpaired) electrons. The molecule has 1 aliphatic heterocycles. The zero-order valence-electron chi connectivity index (χ0n) is 16.1. The van der Waals surface area contributed by atoms with E-state index in [4.69, 9.17) is 0 Å². The van der Waals surface area contributed by atoms with Crippen LogP contribution in [-0.4, -0.2) is 23.6 Å². The third-order valence-electron chi connectivity index (χ3n) is 4.52. The maximum absolute atomic E-state index is 12.4. The summed E-state index contributed by atoms with van der Waals surface area (Å²) < 4.78 is 0. The summed E-state index contributed by atoms with van der Waals surface area (Å²) in [5.41, 5.74) is 3.65. The number of carbonyl (C=O) groups is 2. The predicted octanol–water partition coefficient (Wildman–Crippen LogP) is 4.80. The zero-order valence-corrected chi connectivity index (χ0v) is 16.9. The number of thioether (sulfide) groups is 1. The van der Waals surface area contributed by atoms with Crippen molar-refractivity contribution >= 4 is 35.0 Å². The first kappa shape index (κ1) is 19.5. The lowest BCUT2D eigenvalue weighted by Crippen LogP contribution is -2.24. The molecular weight excluding hydrogens is 356 g/mol. The SMILES string of the molecule is Cc1ccc(NC(=O)Cc2ccc(SC(C)C)cc2)cc1N1CCCC1=O. The van der Waals surface area contributed by atoms with Gasteiger partial charge in [-0.2, -0.15) is 0 Å². The fourth-order valence-electron chi connectivity index (χ4n) is 3.23. The first-order chi connectivity index (χ1) is 12.9. The normalized spacial score (nSPS) is 14.1. The van der Waals surface area contributed by atoms with E-state index in [1.54, 1.807) is 0 Å². The maximum Gasteiger partial charge on any atom is 0.228 e. The van der Waals surface area contributed by atoms with Crippen LogP contribution in [0.25, 0.3) is 0 Å². The van der Waals surface area contributed by atoms with Gasteiger partial charge in [0.05, 0.1) is 6.42 Å². The number of nitrogens with zero attached hydrogens (tertiary/aromatic N) is 1. The van der Waals surface area contributed by atoms with Crippen molar-refractivity contribution in [3.63, 3.8) is 0 Å². The number of amides is 2. The van der Waals surface area contributed by atoms with Gasteiger partial charge in [-0.15, -0.1) is 11.8 Å². The van der Waals surface area contributed by atoms with Crippen LogP contribution in [0.3, 0.4) is 0 Å². The van der Waals surface area contributed by atoms with E-state index in [0.717, 1.165) is 35.5 Å². The predicted molar refractivity (Wildman–Crippen MR) is 113 cm³/mol. The van der Waals surface area contributed by atoms with E-state index in [-0.39, 0.29) is 11.8 Å². The third kappa shape index (κ3) is 5.13. The van der Waals surface area contributed by atoms with Gasteiger partial charge in [-0.25, -0.2) is 0 Å². The van der Waals surface area contributed by atoms with Gasteiger partial charge in [-0.1, -0.05) is 32.0 Å². The molecule has 1 aliphatic rings. The topological polar surface area (TPSA) is 49.4 Å². The molecule has 1 saturated heterocycles. The van der Waals surface area contributed by atoms with Gasteiger partial charge < -0.3 is 10.2 Å². The Balaban J connectivity index is 1.65. The number of hydrogen-bond acceptors (Lipinski definition) is 3. The molecule has 2 aromatic carbocycles. The minimum Gasteiger partial charge on any atom is -0.326 e. The quantitative estimate of drug-likeness (QED) is 0.730. The van der Waals surface area contributed by atoms with E-state index in [1.807, 2.05) is 53.9 Å². The molecule has 0 aromatic heterocycles. The highest BCUT2D eigenvalue weighted by atomic mass is 32.2. The van der Waals surface area contributed by atoms with Crippen LogP contribution < -0.4 is 10.2 Å². The van der Waals surface area contributed by atoms with Crippen LogP contribution in [0.2, 0.25) is 0 Å². The molecule has 4 nitrogen and oxygen atoms in total. The minimum absolute atomic E-state index is 0.0539. The van der Waals surface area contributed by atoms with Crippen LogP contribution in [0.1, 0.15) is 37.8 Å². The Bertz CT molecular complexity index is 831. The van der Waals surface area contributed by atoms with Crippen LogP contribution in [0.4, 0.5) is 11.4 Å². The second-order valence-electron chi connectivity index (χ2n) is 7.19. The van der Waals surface area contributed by atoms with Crippen LogP contribution in [0.15, 0.2) is 47.4 Å². The Morgan fingerprint density at radius 3 is 2.56 bits per heavy atom. The number of rotatable bonds is 6. The van der Waals surface area contributed by atoms with Crippen molar-refractivity contribution < 1.29 is 9.59 Å². The van der Waals surface area contributed by atoms with Gasteiger partial charge in [0.1, 0.15) is 0 Å². The zero-order chi connectivity index (χ0) is 19.4. The minimum atomic E-state index is -0.0539. The molecule has 2 aromatic rings. The van der Waals surface area contributed by atoms with Crippen LogP contribution in [-0.2, 0) is 16.0 Å². The number of nitrogens with one attached hydrogen (secondary N) is 1. The van der Waals surface area contributed by atoms with E-state index in [2.05, 4.69) is 31.3 Å². The van der Waals surface area contributed by atoms with Crippen molar-refractivity contribution in [2.24, 2.45) is 0 Å². The summed E-state index contributed by atoms with van der Waals surface area (Å²) >= 11 is 1.81. The lowest BCUT2D eigenvalue weighted by molar-refractivity contribution is -0.117. The van der Waals surface area contributed by atoms with Crippen molar-refractivity contribution in [2.45, 2.75) is 50.2 Å². The first-order valence-electron chi connectivity index (χ1n) is 9.39. The summed E-state index contributed by atoms with van der Waals surface area (Å²) in [6, 6.07) is 13.9. The molecule has 1 heterocycles. The number of hydrogen-bond donors (Lipinski definition) is 1. The molecule has 0 spiro atoms. The highest BCUT2D eigenvalue weighted by Crippen LogP contribution is 2.28. The number of anilines is 2. The Labute approximate surface area is 165 Å². The number of aryl methyl sites for hydroxylation is 1. The smallest absolute Gasteiger partial charge is 0.228 e. The molecule has 0 saturated carbocycles. The standard InChI is InChI=1S/C22H26N2O2S/c1-15(2)27-19-10-7-17(8-11-19)13-21(25)23-18-9-6-16(3)20(14-18)24-12-4-5-22(24)26/h6-11,14-15H,4-5,12-13H2,1-3H3,(H,23,25). The van der Waals surface area contributed by atoms with Gasteiger partial charge in [0.2, 0.25) is 11.8 Å². The van der Waals surface area contributed by atoms with Crippen molar-refractivity contribution in [2.75, 3.05) is 16.8 Å². The summed E-state index contributed by atoms with van der Waals surface area (Å²) in [6.45, 7) is 7.07. The highest BCUT2D eigenvalue weighted by Gasteiger charge is 2.23. The summed E-state index contributed by atoms with van der Waals surface area (Å²) in [5, 5.41) is 3.50. The van der Waals surface area contributed by atoms with E-state index in [1.165, 1.54) is 4.90 Å². The van der Waals surface area contributed by atoms with E-state index in [9.17, 15) is 9.59 Å². The third-order valence-corrected chi connectivity index (χ3v) is 5.53. The second kappa shape index (κ2) is 8.61. The highest BCUT2D eigenvalue weighted by molar-refractivity contribution is 7.99. The average molecular weight is 383 g/mol. The average Bonchev–Trinajstić information content (AvgIpc) is 3.04. The Morgan fingerprint density at radius 2 is 1.93 bits per heavy atom. The molecule has 1 N–H and O–H groups in total. The van der Waals surface area contributed by atoms with Crippen LogP contribution in [0, 0.1) is 6.92 Å². The molecule has 3 rings (SSSR count). The fourth-order valence-corrected chi connectivity index (χ4v) is 4.07. The van der Waals surface area contributed by atoms with Crippen molar-refractivity contribution in [3.8, 4) is 0 Å². The van der Waals surface area contributed by atoms with Gasteiger partial charge >= 0.3 is 0 Å². The molecule has 0 aliphatic carbocycles. The first-order valence-corrected chi connectivity index (χ1v) is 10.3. The summed E-state index contributed by atoms with van der Waals surface area (Å²) in [7, 11) is 0. The molecule has 0 atom stereocenters. The number of benzene rings is 2. The molecule has 142 valence electrons. The van der Waals surface area contributed by atoms with Gasteiger partial charge in [0, 0.05) is 34.5 Å². The van der Waals surface area contributed by atoms with Gasteiger partial charge in [-0.3, -0.25) is 9.59 Å². The summed E-state index contributed by atoms with van der Waals surface area (Å²) in [4.78, 5) is 27.5. The molecular formula is C22H26N2O2S. The van der Waals surface area contributed by atoms with Crippen molar-refractivity contribution in [3.05, 3.63) is 53.6 Å². The molecule has 2 amide bonds. The molecule has 0 unspecified atom stereocenters. The van der Waals surface area contributed by atoms with Crippen LogP contribution >= 0.6 is 11.8 Å². The lowest BCUT2D eigenvalue weighted by atomic mass is 10.1. The number of carbonyl (C=O) groups excluding carboxylic acids is 2. The van der Waals surface area contributed by atoms with E-state index in [0.29, 0.717) is 18.1 Å². The van der Waals surface area contributed by atoms with E-state index < -0.39 is 0 Å². The Morgan fingerprint density at radius 1 is 1.19 bits per heavy atom. The van der Waals surface area contributed by atoms with Gasteiger partial charge in [0.15, 0.2) is 0 Å². The molecule has 5 heteroatoms. The molecule has 1 fully saturated rings. The van der Waals surface area contributed by atoms with Gasteiger partial charge in [0.25, 0.3) is 0 Å². The van der Waals surface area contributed by atoms with Crippen molar-refractivity contribution in [1.82, 2.24) is 0 Å². The summed E-state index contributed by atoms with van der Waals surface area (Å²) in [6.07, 6.45) is 1.82. The molecule has 0 bridgehead atoms. The van der Waals surface area contributed by atoms with E-state index >= 15 is 0 Å². The van der Waals surface area contributed by atoms with Gasteiger partial charge in [-0.05, 0) is 48.7 Å². The summed E-state index contributed by atoms with van der Waals surface area (Å²) in [5.74, 6) is 0.0998. The van der Waals surface area contributed by atoms with Crippen molar-refractivity contribution in [1.29, 1.82) is 0 Å². The Kier molecular flexibility index (Phi) is 6.22.